The quantitative estimate of drug-likeness (QED) is 0.257. The maximum Gasteiger partial charge on any atom is 0.301 e. The van der Waals surface area contributed by atoms with Crippen LogP contribution >= 0.6 is 11.3 Å². The Labute approximate surface area is 198 Å². The van der Waals surface area contributed by atoms with Gasteiger partial charge in [0.1, 0.15) is 22.3 Å². The van der Waals surface area contributed by atoms with Crippen molar-refractivity contribution in [2.45, 2.75) is 13.0 Å². The van der Waals surface area contributed by atoms with Gasteiger partial charge in [0.05, 0.1) is 11.6 Å². The Bertz CT molecular complexity index is 1400. The van der Waals surface area contributed by atoms with Gasteiger partial charge < -0.3 is 9.84 Å². The summed E-state index contributed by atoms with van der Waals surface area (Å²) in [5.41, 5.74) is 0.917. The third-order valence-electron chi connectivity index (χ3n) is 5.27. The predicted molar refractivity (Wildman–Crippen MR) is 127 cm³/mol. The minimum atomic E-state index is -0.917. The summed E-state index contributed by atoms with van der Waals surface area (Å²) in [6, 6.07) is 18.6. The number of Topliss-reactive ketones (excluding diaryl/α,β-unsaturated/α-hetero) is 1. The van der Waals surface area contributed by atoms with Crippen LogP contribution in [-0.2, 0) is 9.59 Å². The second-order valence-electron chi connectivity index (χ2n) is 7.50. The van der Waals surface area contributed by atoms with Gasteiger partial charge in [-0.25, -0.2) is 0 Å². The number of carbonyl (C=O) groups excluding carboxylic acids is 2. The lowest BCUT2D eigenvalue weighted by Gasteiger charge is -2.23. The van der Waals surface area contributed by atoms with Crippen molar-refractivity contribution in [2.75, 3.05) is 4.90 Å². The molecule has 1 saturated heterocycles. The van der Waals surface area contributed by atoms with E-state index in [1.165, 1.54) is 28.6 Å². The first kappa shape index (κ1) is 21.5. The van der Waals surface area contributed by atoms with Gasteiger partial charge in [-0.15, -0.1) is 10.2 Å². The molecule has 1 unspecified atom stereocenters. The Kier molecular flexibility index (Phi) is 5.60. The van der Waals surface area contributed by atoms with E-state index >= 15 is 0 Å². The second-order valence-corrected chi connectivity index (χ2v) is 8.66. The van der Waals surface area contributed by atoms with Crippen molar-refractivity contribution >= 4 is 33.9 Å². The first-order valence-electron chi connectivity index (χ1n) is 10.4. The number of para-hydroxylation sites is 1. The number of carbonyl (C=O) groups is 2. The summed E-state index contributed by atoms with van der Waals surface area (Å²) in [5.74, 6) is -0.714. The number of nitrogens with zero attached hydrogens (tertiary/aromatic N) is 4. The molecule has 8 nitrogen and oxygen atoms in total. The van der Waals surface area contributed by atoms with Crippen LogP contribution in [0.5, 0.6) is 11.5 Å². The van der Waals surface area contributed by atoms with Crippen molar-refractivity contribution in [3.63, 3.8) is 0 Å². The number of aliphatic hydroxyl groups is 1. The normalized spacial score (nSPS) is 17.2. The van der Waals surface area contributed by atoms with E-state index in [2.05, 4.69) is 15.2 Å². The van der Waals surface area contributed by atoms with Gasteiger partial charge in [-0.2, -0.15) is 0 Å². The number of ketones is 1. The molecule has 1 atom stereocenters. The van der Waals surface area contributed by atoms with E-state index in [0.29, 0.717) is 27.6 Å². The average molecular weight is 471 g/mol. The number of rotatable bonds is 5. The Morgan fingerprint density at radius 1 is 0.971 bits per heavy atom. The number of pyridine rings is 1. The van der Waals surface area contributed by atoms with Gasteiger partial charge in [-0.3, -0.25) is 19.5 Å². The lowest BCUT2D eigenvalue weighted by atomic mass is 9.95. The van der Waals surface area contributed by atoms with Crippen molar-refractivity contribution in [2.24, 2.45) is 0 Å². The van der Waals surface area contributed by atoms with Crippen LogP contribution in [0, 0.1) is 6.92 Å². The van der Waals surface area contributed by atoms with Crippen molar-refractivity contribution in [1.82, 2.24) is 15.2 Å². The fourth-order valence-corrected chi connectivity index (χ4v) is 4.48. The number of ether oxygens (including phenoxy) is 1. The summed E-state index contributed by atoms with van der Waals surface area (Å²) in [6.45, 7) is 1.76. The fraction of sp³-hybridized carbons (Fsp3) is 0.0800. The summed E-state index contributed by atoms with van der Waals surface area (Å²) in [5, 5.41) is 20.1. The number of amides is 1. The molecule has 4 aromatic rings. The van der Waals surface area contributed by atoms with E-state index in [0.717, 1.165) is 0 Å². The molecule has 1 amide bonds. The van der Waals surface area contributed by atoms with Crippen molar-refractivity contribution in [3.05, 3.63) is 101 Å². The molecule has 0 spiro atoms. The molecule has 2 aromatic heterocycles. The zero-order chi connectivity index (χ0) is 23.7. The number of hydrogen-bond acceptors (Lipinski definition) is 8. The van der Waals surface area contributed by atoms with Crippen LogP contribution in [0.3, 0.4) is 0 Å². The highest BCUT2D eigenvalue weighted by Gasteiger charge is 2.48. The summed E-state index contributed by atoms with van der Waals surface area (Å²) in [4.78, 5) is 31.6. The first-order chi connectivity index (χ1) is 16.5. The van der Waals surface area contributed by atoms with E-state index in [9.17, 15) is 14.7 Å². The van der Waals surface area contributed by atoms with Crippen LogP contribution in [0.15, 0.2) is 84.7 Å². The second kappa shape index (κ2) is 8.87. The minimum absolute atomic E-state index is 0.0408. The predicted octanol–water partition coefficient (Wildman–Crippen LogP) is 4.66. The van der Waals surface area contributed by atoms with Gasteiger partial charge in [0, 0.05) is 18.0 Å². The molecule has 9 heteroatoms. The van der Waals surface area contributed by atoms with Crippen molar-refractivity contribution < 1.29 is 19.4 Å². The fourth-order valence-electron chi connectivity index (χ4n) is 3.77. The number of anilines is 1. The number of aliphatic hydroxyl groups excluding tert-OH is 1. The van der Waals surface area contributed by atoms with Crippen LogP contribution < -0.4 is 9.64 Å². The van der Waals surface area contributed by atoms with Gasteiger partial charge in [-0.05, 0) is 48.9 Å². The van der Waals surface area contributed by atoms with Crippen LogP contribution in [0.4, 0.5) is 5.13 Å². The van der Waals surface area contributed by atoms with Crippen LogP contribution in [0.2, 0.25) is 0 Å². The number of hydrogen-bond donors (Lipinski definition) is 1. The lowest BCUT2D eigenvalue weighted by Crippen LogP contribution is -2.29. The first-order valence-corrected chi connectivity index (χ1v) is 11.2. The molecule has 1 N–H and O–H groups in total. The summed E-state index contributed by atoms with van der Waals surface area (Å²) in [7, 11) is 0. The van der Waals surface area contributed by atoms with Crippen LogP contribution in [0.1, 0.15) is 22.2 Å². The third kappa shape index (κ3) is 3.93. The van der Waals surface area contributed by atoms with E-state index < -0.39 is 17.7 Å². The summed E-state index contributed by atoms with van der Waals surface area (Å²) in [6.07, 6.45) is 3.01. The molecule has 2 aromatic carbocycles. The highest BCUT2D eigenvalue weighted by molar-refractivity contribution is 7.15. The molecule has 1 fully saturated rings. The Hall–Kier alpha value is -4.37. The minimum Gasteiger partial charge on any atom is -0.507 e. The maximum absolute atomic E-state index is 13.2. The van der Waals surface area contributed by atoms with Crippen molar-refractivity contribution in [1.29, 1.82) is 0 Å². The van der Waals surface area contributed by atoms with Crippen molar-refractivity contribution in [3.8, 4) is 11.5 Å². The molecule has 0 saturated carbocycles. The third-order valence-corrected chi connectivity index (χ3v) is 6.11. The van der Waals surface area contributed by atoms with Gasteiger partial charge in [-0.1, -0.05) is 41.7 Å². The van der Waals surface area contributed by atoms with E-state index in [4.69, 9.17) is 4.74 Å². The largest absolute Gasteiger partial charge is 0.507 e. The van der Waals surface area contributed by atoms with E-state index in [1.54, 1.807) is 43.3 Å². The van der Waals surface area contributed by atoms with E-state index in [-0.39, 0.29) is 16.5 Å². The van der Waals surface area contributed by atoms with Crippen LogP contribution in [-0.4, -0.2) is 32.0 Å². The molecular weight excluding hydrogens is 452 g/mol. The number of benzene rings is 2. The topological polar surface area (TPSA) is 106 Å². The lowest BCUT2D eigenvalue weighted by molar-refractivity contribution is -0.132. The Morgan fingerprint density at radius 2 is 1.71 bits per heavy atom. The highest BCUT2D eigenvalue weighted by Crippen LogP contribution is 2.43. The zero-order valence-electron chi connectivity index (χ0n) is 18.0. The van der Waals surface area contributed by atoms with Gasteiger partial charge in [0.15, 0.2) is 0 Å². The molecular formula is C25H18N4O4S. The summed E-state index contributed by atoms with van der Waals surface area (Å²) < 4.78 is 5.96. The zero-order valence-corrected chi connectivity index (χ0v) is 18.8. The Balaban J connectivity index is 1.66. The maximum atomic E-state index is 13.2. The number of aromatic nitrogens is 3. The molecule has 1 aliphatic heterocycles. The molecule has 34 heavy (non-hydrogen) atoms. The monoisotopic (exact) mass is 470 g/mol. The van der Waals surface area contributed by atoms with Gasteiger partial charge in [0.25, 0.3) is 5.78 Å². The highest BCUT2D eigenvalue weighted by atomic mass is 32.1. The standard InChI is InChI=1S/C25H18N4O4S/c1-15-27-28-25(34-15)29-21(17-6-5-9-19(14-17)33-18-7-3-2-4-8-18)20(23(31)24(29)32)22(30)16-10-12-26-13-11-16/h2-14,21,30H,1H3/b22-20+. The molecule has 0 bridgehead atoms. The smallest absolute Gasteiger partial charge is 0.301 e. The average Bonchev–Trinajstić information content (AvgIpc) is 3.40. The van der Waals surface area contributed by atoms with Gasteiger partial charge >= 0.3 is 5.91 Å². The molecule has 0 aliphatic carbocycles. The SMILES string of the molecule is Cc1nnc(N2C(=O)C(=O)/C(=C(/O)c3ccncc3)C2c2cccc(Oc3ccccc3)c2)s1. The summed E-state index contributed by atoms with van der Waals surface area (Å²) >= 11 is 1.19. The molecule has 0 radical (unpaired) electrons. The molecule has 5 rings (SSSR count). The molecule has 1 aliphatic rings. The van der Waals surface area contributed by atoms with Crippen LogP contribution in [0.25, 0.3) is 5.76 Å². The van der Waals surface area contributed by atoms with E-state index in [1.807, 2.05) is 30.3 Å². The number of aryl methyl sites for hydroxylation is 1. The van der Waals surface area contributed by atoms with Gasteiger partial charge in [0.2, 0.25) is 5.13 Å². The molecule has 3 heterocycles. The Morgan fingerprint density at radius 3 is 2.41 bits per heavy atom. The molecule has 168 valence electrons.